The predicted octanol–water partition coefficient (Wildman–Crippen LogP) is 5.46. The van der Waals surface area contributed by atoms with E-state index in [1.807, 2.05) is 24.3 Å². The van der Waals surface area contributed by atoms with Crippen LogP contribution in [0.2, 0.25) is 10.0 Å². The van der Waals surface area contributed by atoms with Crippen LogP contribution in [-0.2, 0) is 16.9 Å². The van der Waals surface area contributed by atoms with Gasteiger partial charge in [-0.1, -0.05) is 45.2 Å². The molecule has 2 aromatic carbocycles. The van der Waals surface area contributed by atoms with E-state index in [1.165, 1.54) is 6.33 Å². The average Bonchev–Trinajstić information content (AvgIpc) is 3.28. The maximum absolute atomic E-state index is 6.64. The van der Waals surface area contributed by atoms with Crippen LogP contribution in [0.3, 0.4) is 0 Å². The molecule has 0 saturated carbocycles. The first kappa shape index (κ1) is 18.7. The number of benzene rings is 2. The Morgan fingerprint density at radius 1 is 1.19 bits per heavy atom. The zero-order valence-electron chi connectivity index (χ0n) is 14.2. The van der Waals surface area contributed by atoms with Crippen LogP contribution in [0.15, 0.2) is 55.1 Å². The SMILES string of the molecule is Clc1ccc(Oc2ccc(C3(Cn4cncn4)CC(Br)CO3)c(Cl)c2)cc1. The van der Waals surface area contributed by atoms with E-state index in [0.717, 1.165) is 12.0 Å². The van der Waals surface area contributed by atoms with Crippen molar-refractivity contribution >= 4 is 39.1 Å². The van der Waals surface area contributed by atoms with Crippen molar-refractivity contribution in [1.29, 1.82) is 0 Å². The molecule has 1 aliphatic heterocycles. The first-order valence-corrected chi connectivity index (χ1v) is 10.1. The molecule has 5 nitrogen and oxygen atoms in total. The van der Waals surface area contributed by atoms with Gasteiger partial charge in [0, 0.05) is 15.4 Å². The minimum absolute atomic E-state index is 0.252. The average molecular weight is 469 g/mol. The van der Waals surface area contributed by atoms with Gasteiger partial charge < -0.3 is 9.47 Å². The van der Waals surface area contributed by atoms with Crippen LogP contribution in [0.25, 0.3) is 0 Å². The molecule has 0 spiro atoms. The fourth-order valence-corrected chi connectivity index (χ4v) is 4.38. The quantitative estimate of drug-likeness (QED) is 0.466. The Morgan fingerprint density at radius 3 is 2.59 bits per heavy atom. The van der Waals surface area contributed by atoms with E-state index in [2.05, 4.69) is 26.0 Å². The second kappa shape index (κ2) is 7.80. The van der Waals surface area contributed by atoms with E-state index in [-0.39, 0.29) is 4.83 Å². The van der Waals surface area contributed by atoms with Crippen LogP contribution in [0, 0.1) is 0 Å². The predicted molar refractivity (Wildman–Crippen MR) is 108 cm³/mol. The molecule has 3 aromatic rings. The van der Waals surface area contributed by atoms with Gasteiger partial charge in [0.05, 0.1) is 18.2 Å². The summed E-state index contributed by atoms with van der Waals surface area (Å²) in [6, 6.07) is 12.8. The fraction of sp³-hybridized carbons (Fsp3) is 0.263. The Bertz CT molecular complexity index is 921. The molecule has 140 valence electrons. The third-order valence-electron chi connectivity index (χ3n) is 4.46. The summed E-state index contributed by atoms with van der Waals surface area (Å²) in [5.74, 6) is 1.34. The van der Waals surface area contributed by atoms with Crippen LogP contribution in [-0.4, -0.2) is 26.2 Å². The Balaban J connectivity index is 1.62. The van der Waals surface area contributed by atoms with Crippen LogP contribution in [0.4, 0.5) is 0 Å². The third kappa shape index (κ3) is 4.14. The molecule has 1 saturated heterocycles. The summed E-state index contributed by atoms with van der Waals surface area (Å²) in [5, 5.41) is 5.46. The largest absolute Gasteiger partial charge is 0.457 e. The molecule has 8 heteroatoms. The molecule has 0 amide bonds. The van der Waals surface area contributed by atoms with Crippen LogP contribution < -0.4 is 4.74 Å². The van der Waals surface area contributed by atoms with Gasteiger partial charge in [0.25, 0.3) is 0 Å². The minimum atomic E-state index is -0.572. The maximum Gasteiger partial charge on any atom is 0.137 e. The molecule has 1 aliphatic rings. The number of rotatable bonds is 5. The summed E-state index contributed by atoms with van der Waals surface area (Å²) in [5.41, 5.74) is 0.336. The first-order chi connectivity index (χ1) is 13.0. The van der Waals surface area contributed by atoms with Crippen molar-refractivity contribution in [3.63, 3.8) is 0 Å². The van der Waals surface area contributed by atoms with E-state index in [4.69, 9.17) is 32.7 Å². The van der Waals surface area contributed by atoms with Crippen molar-refractivity contribution in [3.8, 4) is 11.5 Å². The summed E-state index contributed by atoms with van der Waals surface area (Å²) in [6.07, 6.45) is 3.97. The highest BCUT2D eigenvalue weighted by atomic mass is 79.9. The molecular formula is C19H16BrCl2N3O2. The maximum atomic E-state index is 6.64. The number of nitrogens with zero attached hydrogens (tertiary/aromatic N) is 3. The van der Waals surface area contributed by atoms with E-state index in [0.29, 0.717) is 34.7 Å². The summed E-state index contributed by atoms with van der Waals surface area (Å²) in [6.45, 7) is 1.14. The zero-order valence-corrected chi connectivity index (χ0v) is 17.3. The molecule has 1 fully saturated rings. The van der Waals surface area contributed by atoms with E-state index < -0.39 is 5.60 Å². The summed E-state index contributed by atoms with van der Waals surface area (Å²) < 4.78 is 13.8. The van der Waals surface area contributed by atoms with Crippen molar-refractivity contribution in [2.24, 2.45) is 0 Å². The lowest BCUT2D eigenvalue weighted by atomic mass is 9.90. The van der Waals surface area contributed by atoms with E-state index in [1.54, 1.807) is 29.2 Å². The van der Waals surface area contributed by atoms with Gasteiger partial charge in [0.2, 0.25) is 0 Å². The molecule has 27 heavy (non-hydrogen) atoms. The second-order valence-corrected chi connectivity index (χ2v) is 8.54. The normalized spacial score (nSPS) is 22.1. The molecule has 0 radical (unpaired) electrons. The molecular weight excluding hydrogens is 453 g/mol. The number of hydrogen-bond donors (Lipinski definition) is 0. The van der Waals surface area contributed by atoms with Gasteiger partial charge in [-0.25, -0.2) is 9.67 Å². The molecule has 0 aliphatic carbocycles. The van der Waals surface area contributed by atoms with Crippen molar-refractivity contribution in [2.45, 2.75) is 23.4 Å². The van der Waals surface area contributed by atoms with Crippen molar-refractivity contribution < 1.29 is 9.47 Å². The molecule has 1 aromatic heterocycles. The molecule has 4 rings (SSSR count). The Labute approximate surface area is 175 Å². The summed E-state index contributed by atoms with van der Waals surface area (Å²) in [4.78, 5) is 4.27. The van der Waals surface area contributed by atoms with Gasteiger partial charge >= 0.3 is 0 Å². The lowest BCUT2D eigenvalue weighted by molar-refractivity contribution is -0.0169. The Morgan fingerprint density at radius 2 is 1.96 bits per heavy atom. The minimum Gasteiger partial charge on any atom is -0.457 e. The Kier molecular flexibility index (Phi) is 5.41. The molecule has 2 heterocycles. The first-order valence-electron chi connectivity index (χ1n) is 8.38. The van der Waals surface area contributed by atoms with Gasteiger partial charge in [-0.15, -0.1) is 0 Å². The smallest absolute Gasteiger partial charge is 0.137 e. The van der Waals surface area contributed by atoms with Gasteiger partial charge in [0.1, 0.15) is 29.8 Å². The second-order valence-electron chi connectivity index (χ2n) is 6.40. The highest BCUT2D eigenvalue weighted by Gasteiger charge is 2.43. The van der Waals surface area contributed by atoms with E-state index in [9.17, 15) is 0 Å². The standard InChI is InChI=1S/C19H16BrCl2N3O2/c20-13-8-19(26-9-13,10-25-12-23-11-24-25)17-6-5-16(7-18(17)22)27-15-3-1-14(21)2-4-15/h1-7,11-13H,8-10H2. The van der Waals surface area contributed by atoms with Gasteiger partial charge in [-0.2, -0.15) is 5.10 Å². The number of ether oxygens (including phenoxy) is 2. The monoisotopic (exact) mass is 467 g/mol. The zero-order chi connectivity index (χ0) is 18.9. The van der Waals surface area contributed by atoms with Gasteiger partial charge in [-0.3, -0.25) is 0 Å². The molecule has 0 N–H and O–H groups in total. The van der Waals surface area contributed by atoms with Crippen molar-refractivity contribution in [1.82, 2.24) is 14.8 Å². The highest BCUT2D eigenvalue weighted by Crippen LogP contribution is 2.44. The molecule has 2 unspecified atom stereocenters. The number of halogens is 3. The third-order valence-corrected chi connectivity index (χ3v) is 5.61. The topological polar surface area (TPSA) is 49.2 Å². The van der Waals surface area contributed by atoms with Crippen LogP contribution in [0.5, 0.6) is 11.5 Å². The van der Waals surface area contributed by atoms with E-state index >= 15 is 0 Å². The van der Waals surface area contributed by atoms with Crippen LogP contribution in [0.1, 0.15) is 12.0 Å². The van der Waals surface area contributed by atoms with Crippen molar-refractivity contribution in [2.75, 3.05) is 6.61 Å². The summed E-state index contributed by atoms with van der Waals surface area (Å²) in [7, 11) is 0. The molecule has 2 atom stereocenters. The van der Waals surface area contributed by atoms with Crippen molar-refractivity contribution in [3.05, 3.63) is 70.7 Å². The lowest BCUT2D eigenvalue weighted by Crippen LogP contribution is -2.31. The van der Waals surface area contributed by atoms with Gasteiger partial charge in [0.15, 0.2) is 0 Å². The lowest BCUT2D eigenvalue weighted by Gasteiger charge is -2.30. The number of alkyl halides is 1. The Hall–Kier alpha value is -1.60. The van der Waals surface area contributed by atoms with Crippen LogP contribution >= 0.6 is 39.1 Å². The fourth-order valence-electron chi connectivity index (χ4n) is 3.25. The highest BCUT2D eigenvalue weighted by molar-refractivity contribution is 9.09. The van der Waals surface area contributed by atoms with Gasteiger partial charge in [-0.05, 0) is 42.8 Å². The summed E-state index contributed by atoms with van der Waals surface area (Å²) >= 11 is 16.2. The number of hydrogen-bond acceptors (Lipinski definition) is 4. The number of aromatic nitrogens is 3. The molecule has 0 bridgehead atoms.